The van der Waals surface area contributed by atoms with Gasteiger partial charge >= 0.3 is 5.97 Å². The van der Waals surface area contributed by atoms with Gasteiger partial charge in [0.2, 0.25) is 23.6 Å². The number of hydrogen-bond acceptors (Lipinski definition) is 9. The van der Waals surface area contributed by atoms with Crippen LogP contribution >= 0.6 is 12.6 Å². The number of nitrogens with one attached hydrogen (secondary N) is 3. The van der Waals surface area contributed by atoms with E-state index < -0.39 is 66.5 Å². The first-order valence-electron chi connectivity index (χ1n) is 8.52. The Balaban J connectivity index is 5.12. The number of carbonyl (C=O) groups is 5. The zero-order valence-electron chi connectivity index (χ0n) is 15.7. The maximum atomic E-state index is 12.3. The van der Waals surface area contributed by atoms with E-state index >= 15 is 0 Å². The van der Waals surface area contributed by atoms with Crippen LogP contribution in [0.15, 0.2) is 0 Å². The number of nitrogens with two attached hydrogens (primary N) is 2. The molecule has 0 aliphatic rings. The molecule has 0 aromatic carbocycles. The molecule has 13 nitrogen and oxygen atoms in total. The van der Waals surface area contributed by atoms with Crippen molar-refractivity contribution in [2.75, 3.05) is 12.4 Å². The third kappa shape index (κ3) is 9.56. The van der Waals surface area contributed by atoms with Gasteiger partial charge in [-0.15, -0.1) is 0 Å². The lowest BCUT2D eigenvalue weighted by Crippen LogP contribution is -2.60. The van der Waals surface area contributed by atoms with Crippen LogP contribution in [0.25, 0.3) is 0 Å². The van der Waals surface area contributed by atoms with Gasteiger partial charge in [-0.3, -0.25) is 19.2 Å². The van der Waals surface area contributed by atoms with Crippen LogP contribution < -0.4 is 27.4 Å². The van der Waals surface area contributed by atoms with Crippen molar-refractivity contribution in [1.29, 1.82) is 0 Å². The van der Waals surface area contributed by atoms with Crippen molar-refractivity contribution in [1.82, 2.24) is 16.0 Å². The molecule has 0 spiro atoms. The van der Waals surface area contributed by atoms with Crippen molar-refractivity contribution < 1.29 is 39.3 Å². The van der Waals surface area contributed by atoms with Gasteiger partial charge in [-0.25, -0.2) is 4.79 Å². The normalized spacial score (nSPS) is 15.9. The third-order valence-corrected chi connectivity index (χ3v) is 4.10. The summed E-state index contributed by atoms with van der Waals surface area (Å²) in [6.45, 7) is 0.297. The molecule has 14 heteroatoms. The van der Waals surface area contributed by atoms with Gasteiger partial charge in [0.1, 0.15) is 18.1 Å². The number of amides is 4. The van der Waals surface area contributed by atoms with Crippen molar-refractivity contribution in [2.24, 2.45) is 11.5 Å². The number of aliphatic hydroxyl groups excluding tert-OH is 2. The summed E-state index contributed by atoms with van der Waals surface area (Å²) in [4.78, 5) is 58.3. The average molecular weight is 437 g/mol. The Morgan fingerprint density at radius 1 is 1.00 bits per heavy atom. The molecule has 0 radical (unpaired) electrons. The van der Waals surface area contributed by atoms with Crippen molar-refractivity contribution in [3.05, 3.63) is 0 Å². The number of carboxylic acids is 1. The van der Waals surface area contributed by atoms with E-state index in [2.05, 4.69) is 28.6 Å². The molecule has 5 atom stereocenters. The second kappa shape index (κ2) is 12.9. The molecule has 0 aliphatic carbocycles. The van der Waals surface area contributed by atoms with Gasteiger partial charge < -0.3 is 42.7 Å². The molecular formula is C15H27N5O8S. The molecule has 0 saturated heterocycles. The van der Waals surface area contributed by atoms with Crippen LogP contribution in [0.1, 0.15) is 19.8 Å². The van der Waals surface area contributed by atoms with Gasteiger partial charge in [-0.1, -0.05) is 0 Å². The minimum atomic E-state index is -1.59. The standard InChI is InChI=1S/C15H27N5O8S/c1-6(22)11(20-12(24)7(16)5-29)14(26)19-9(4-21)13(25)18-8(15(27)28)2-3-10(17)23/h6-9,11,21-22,29H,2-5,16H2,1H3,(H2,17,23)(H,18,25)(H,19,26)(H,20,24)(H,27,28). The van der Waals surface area contributed by atoms with Gasteiger partial charge in [-0.2, -0.15) is 12.6 Å². The molecule has 0 aromatic rings. The minimum Gasteiger partial charge on any atom is -0.480 e. The molecule has 166 valence electrons. The zero-order chi connectivity index (χ0) is 22.7. The summed E-state index contributed by atoms with van der Waals surface area (Å²) in [5.41, 5.74) is 10.4. The first kappa shape index (κ1) is 26.6. The van der Waals surface area contributed by atoms with Gasteiger partial charge in [0, 0.05) is 12.2 Å². The summed E-state index contributed by atoms with van der Waals surface area (Å²) in [5, 5.41) is 34.5. The second-order valence-corrected chi connectivity index (χ2v) is 6.53. The highest BCUT2D eigenvalue weighted by Gasteiger charge is 2.32. The SMILES string of the molecule is CC(O)C(NC(=O)C(N)CS)C(=O)NC(CO)C(=O)NC(CCC(N)=O)C(=O)O. The molecule has 0 fully saturated rings. The molecule has 4 amide bonds. The Bertz CT molecular complexity index is 618. The van der Waals surface area contributed by atoms with Crippen molar-refractivity contribution in [2.45, 2.75) is 50.0 Å². The highest BCUT2D eigenvalue weighted by molar-refractivity contribution is 7.80. The van der Waals surface area contributed by atoms with E-state index in [0.29, 0.717) is 0 Å². The zero-order valence-corrected chi connectivity index (χ0v) is 16.6. The Morgan fingerprint density at radius 3 is 1.97 bits per heavy atom. The topological polar surface area (TPSA) is 234 Å². The fourth-order valence-corrected chi connectivity index (χ4v) is 2.19. The van der Waals surface area contributed by atoms with Crippen LogP contribution in [0.4, 0.5) is 0 Å². The van der Waals surface area contributed by atoms with E-state index in [1.807, 2.05) is 0 Å². The quantitative estimate of drug-likeness (QED) is 0.126. The summed E-state index contributed by atoms with van der Waals surface area (Å²) in [6.07, 6.45) is -1.98. The fourth-order valence-electron chi connectivity index (χ4n) is 2.02. The van der Waals surface area contributed by atoms with E-state index in [0.717, 1.165) is 0 Å². The minimum absolute atomic E-state index is 0.0243. The summed E-state index contributed by atoms with van der Waals surface area (Å²) in [5.74, 6) is -5.09. The molecule has 0 saturated carbocycles. The number of aliphatic hydroxyl groups is 2. The molecule has 0 bridgehead atoms. The summed E-state index contributed by atoms with van der Waals surface area (Å²) >= 11 is 3.84. The number of rotatable bonds is 13. The molecule has 29 heavy (non-hydrogen) atoms. The Morgan fingerprint density at radius 2 is 1.55 bits per heavy atom. The van der Waals surface area contributed by atoms with Crippen LogP contribution in [0.3, 0.4) is 0 Å². The lowest BCUT2D eigenvalue weighted by molar-refractivity contribution is -0.143. The highest BCUT2D eigenvalue weighted by atomic mass is 32.1. The first-order chi connectivity index (χ1) is 13.4. The van der Waals surface area contributed by atoms with E-state index in [4.69, 9.17) is 16.6 Å². The van der Waals surface area contributed by atoms with Crippen LogP contribution in [0, 0.1) is 0 Å². The molecule has 0 aliphatic heterocycles. The summed E-state index contributed by atoms with van der Waals surface area (Å²) in [7, 11) is 0. The Kier molecular flexibility index (Phi) is 11.8. The number of thiol groups is 1. The maximum Gasteiger partial charge on any atom is 0.326 e. The number of aliphatic carboxylic acids is 1. The third-order valence-electron chi connectivity index (χ3n) is 3.71. The first-order valence-corrected chi connectivity index (χ1v) is 9.15. The molecule has 0 heterocycles. The fraction of sp³-hybridized carbons (Fsp3) is 0.667. The smallest absolute Gasteiger partial charge is 0.326 e. The predicted molar refractivity (Wildman–Crippen MR) is 102 cm³/mol. The van der Waals surface area contributed by atoms with Crippen LogP contribution in [-0.4, -0.2) is 87.5 Å². The van der Waals surface area contributed by atoms with Gasteiger partial charge in [0.25, 0.3) is 0 Å². The monoisotopic (exact) mass is 437 g/mol. The molecule has 5 unspecified atom stereocenters. The molecule has 0 aromatic heterocycles. The van der Waals surface area contributed by atoms with Crippen LogP contribution in [-0.2, 0) is 24.0 Å². The van der Waals surface area contributed by atoms with E-state index in [1.165, 1.54) is 6.92 Å². The van der Waals surface area contributed by atoms with Crippen LogP contribution in [0.2, 0.25) is 0 Å². The average Bonchev–Trinajstić information content (AvgIpc) is 2.65. The van der Waals surface area contributed by atoms with Gasteiger partial charge in [-0.05, 0) is 13.3 Å². The number of hydrogen-bond donors (Lipinski definition) is 9. The number of carboxylic acid groups (broad SMARTS) is 1. The van der Waals surface area contributed by atoms with Gasteiger partial charge in [0.05, 0.1) is 18.8 Å². The van der Waals surface area contributed by atoms with E-state index in [9.17, 15) is 34.2 Å². The number of primary amides is 1. The lowest BCUT2D eigenvalue weighted by atomic mass is 10.1. The second-order valence-electron chi connectivity index (χ2n) is 6.16. The molecular weight excluding hydrogens is 410 g/mol. The van der Waals surface area contributed by atoms with Crippen LogP contribution in [0.5, 0.6) is 0 Å². The Hall–Kier alpha value is -2.42. The largest absolute Gasteiger partial charge is 0.480 e. The van der Waals surface area contributed by atoms with E-state index in [1.54, 1.807) is 0 Å². The molecule has 0 rings (SSSR count). The Labute approximate surface area is 172 Å². The maximum absolute atomic E-state index is 12.3. The van der Waals surface area contributed by atoms with Gasteiger partial charge in [0.15, 0.2) is 0 Å². The van der Waals surface area contributed by atoms with E-state index in [-0.39, 0.29) is 18.6 Å². The van der Waals surface area contributed by atoms with Crippen molar-refractivity contribution in [3.63, 3.8) is 0 Å². The van der Waals surface area contributed by atoms with Crippen molar-refractivity contribution in [3.8, 4) is 0 Å². The van der Waals surface area contributed by atoms with Crippen molar-refractivity contribution >= 4 is 42.2 Å². The summed E-state index contributed by atoms with van der Waals surface area (Å²) < 4.78 is 0. The predicted octanol–water partition coefficient (Wildman–Crippen LogP) is -4.58. The number of carbonyl (C=O) groups excluding carboxylic acids is 4. The lowest BCUT2D eigenvalue weighted by Gasteiger charge is -2.25. The summed E-state index contributed by atoms with van der Waals surface area (Å²) in [6, 6.07) is -5.62. The molecule has 10 N–H and O–H groups in total. The highest BCUT2D eigenvalue weighted by Crippen LogP contribution is 2.00.